The summed E-state index contributed by atoms with van der Waals surface area (Å²) in [5.74, 6) is 0. The number of nitrogens with one attached hydrogen (secondary N) is 2. The molecule has 0 aliphatic carbocycles. The van der Waals surface area contributed by atoms with E-state index in [4.69, 9.17) is 5.11 Å². The smallest absolute Gasteiger partial charge is 0.319 e. The predicted octanol–water partition coefficient (Wildman–Crippen LogP) is 3.11. The zero-order valence-corrected chi connectivity index (χ0v) is 12.8. The Morgan fingerprint density at radius 1 is 0.955 bits per heavy atom. The van der Waals surface area contributed by atoms with Crippen LogP contribution < -0.4 is 10.6 Å². The summed E-state index contributed by atoms with van der Waals surface area (Å²) in [4.78, 5) is 11.8. The van der Waals surface area contributed by atoms with Gasteiger partial charge >= 0.3 is 6.03 Å². The molecule has 116 valence electrons. The number of hydrogen-bond acceptors (Lipinski definition) is 2. The van der Waals surface area contributed by atoms with Gasteiger partial charge in [0.2, 0.25) is 0 Å². The molecular formula is C18H22N2O2. The van der Waals surface area contributed by atoms with Crippen LogP contribution in [0.25, 0.3) is 0 Å². The molecule has 0 saturated heterocycles. The van der Waals surface area contributed by atoms with Crippen LogP contribution in [0.15, 0.2) is 48.5 Å². The average molecular weight is 298 g/mol. The number of amides is 2. The van der Waals surface area contributed by atoms with Gasteiger partial charge in [-0.1, -0.05) is 43.3 Å². The van der Waals surface area contributed by atoms with Gasteiger partial charge in [-0.15, -0.1) is 0 Å². The first-order chi connectivity index (χ1) is 10.7. The molecule has 0 unspecified atom stereocenters. The van der Waals surface area contributed by atoms with Gasteiger partial charge in [-0.25, -0.2) is 4.79 Å². The van der Waals surface area contributed by atoms with Gasteiger partial charge in [0.15, 0.2) is 0 Å². The first-order valence-electron chi connectivity index (χ1n) is 7.53. The van der Waals surface area contributed by atoms with Crippen LogP contribution in [-0.2, 0) is 19.4 Å². The normalized spacial score (nSPS) is 10.3. The maximum Gasteiger partial charge on any atom is 0.319 e. The number of aliphatic hydroxyl groups is 1. The third-order valence-electron chi connectivity index (χ3n) is 3.52. The van der Waals surface area contributed by atoms with E-state index in [0.717, 1.165) is 29.7 Å². The van der Waals surface area contributed by atoms with Gasteiger partial charge in [-0.2, -0.15) is 0 Å². The lowest BCUT2D eigenvalue weighted by atomic mass is 10.1. The van der Waals surface area contributed by atoms with Gasteiger partial charge in [0.25, 0.3) is 0 Å². The minimum atomic E-state index is -0.198. The maximum atomic E-state index is 11.8. The Hall–Kier alpha value is -2.33. The monoisotopic (exact) mass is 298 g/mol. The Labute approximate surface area is 131 Å². The standard InChI is InChI=1S/C18H22N2O2/c1-2-14-7-9-17(10-8-14)20-18(22)19-12-11-15-3-5-16(13-21)6-4-15/h3-10,21H,2,11-13H2,1H3,(H2,19,20,22). The van der Waals surface area contributed by atoms with Crippen molar-refractivity contribution < 1.29 is 9.90 Å². The molecule has 0 bridgehead atoms. The van der Waals surface area contributed by atoms with E-state index in [1.54, 1.807) is 0 Å². The molecule has 22 heavy (non-hydrogen) atoms. The van der Waals surface area contributed by atoms with E-state index >= 15 is 0 Å². The summed E-state index contributed by atoms with van der Waals surface area (Å²) >= 11 is 0. The van der Waals surface area contributed by atoms with Crippen molar-refractivity contribution in [3.05, 3.63) is 65.2 Å². The topological polar surface area (TPSA) is 61.4 Å². The molecule has 0 aliphatic rings. The molecule has 0 atom stereocenters. The number of urea groups is 1. The summed E-state index contributed by atoms with van der Waals surface area (Å²) in [5.41, 5.74) is 4.06. The minimum Gasteiger partial charge on any atom is -0.392 e. The first kappa shape index (κ1) is 16.0. The number of benzene rings is 2. The highest BCUT2D eigenvalue weighted by molar-refractivity contribution is 5.89. The molecule has 2 rings (SSSR count). The van der Waals surface area contributed by atoms with Crippen LogP contribution in [0, 0.1) is 0 Å². The van der Waals surface area contributed by atoms with Gasteiger partial charge in [-0.3, -0.25) is 0 Å². The van der Waals surface area contributed by atoms with Crippen molar-refractivity contribution in [3.8, 4) is 0 Å². The number of carbonyl (C=O) groups excluding carboxylic acids is 1. The van der Waals surface area contributed by atoms with E-state index in [2.05, 4.69) is 17.6 Å². The van der Waals surface area contributed by atoms with E-state index in [1.165, 1.54) is 5.56 Å². The molecule has 0 spiro atoms. The Kier molecular flexibility index (Phi) is 5.98. The molecule has 0 radical (unpaired) electrons. The SMILES string of the molecule is CCc1ccc(NC(=O)NCCc2ccc(CO)cc2)cc1. The minimum absolute atomic E-state index is 0.0533. The van der Waals surface area contributed by atoms with Crippen molar-refractivity contribution in [1.29, 1.82) is 0 Å². The van der Waals surface area contributed by atoms with E-state index < -0.39 is 0 Å². The van der Waals surface area contributed by atoms with Gasteiger partial charge < -0.3 is 15.7 Å². The van der Waals surface area contributed by atoms with Crippen LogP contribution in [0.5, 0.6) is 0 Å². The molecule has 0 heterocycles. The average Bonchev–Trinajstić information content (AvgIpc) is 2.56. The van der Waals surface area contributed by atoms with Crippen LogP contribution in [0.1, 0.15) is 23.6 Å². The maximum absolute atomic E-state index is 11.8. The van der Waals surface area contributed by atoms with Crippen LogP contribution >= 0.6 is 0 Å². The van der Waals surface area contributed by atoms with Crippen molar-refractivity contribution in [2.75, 3.05) is 11.9 Å². The van der Waals surface area contributed by atoms with Gasteiger partial charge in [0, 0.05) is 12.2 Å². The fraction of sp³-hybridized carbons (Fsp3) is 0.278. The molecule has 3 N–H and O–H groups in total. The lowest BCUT2D eigenvalue weighted by molar-refractivity contribution is 0.252. The highest BCUT2D eigenvalue weighted by atomic mass is 16.3. The molecule has 0 aliphatic heterocycles. The molecule has 2 aromatic carbocycles. The third-order valence-corrected chi connectivity index (χ3v) is 3.52. The molecular weight excluding hydrogens is 276 g/mol. The van der Waals surface area contributed by atoms with Crippen molar-refractivity contribution in [3.63, 3.8) is 0 Å². The lowest BCUT2D eigenvalue weighted by Gasteiger charge is -2.08. The summed E-state index contributed by atoms with van der Waals surface area (Å²) in [6.07, 6.45) is 1.75. The Morgan fingerprint density at radius 2 is 1.55 bits per heavy atom. The summed E-state index contributed by atoms with van der Waals surface area (Å²) in [7, 11) is 0. The lowest BCUT2D eigenvalue weighted by Crippen LogP contribution is -2.30. The quantitative estimate of drug-likeness (QED) is 0.767. The molecule has 2 aromatic rings. The number of rotatable bonds is 6. The fourth-order valence-corrected chi connectivity index (χ4v) is 2.13. The largest absolute Gasteiger partial charge is 0.392 e. The summed E-state index contributed by atoms with van der Waals surface area (Å²) in [5, 5.41) is 14.6. The van der Waals surface area contributed by atoms with Crippen molar-refractivity contribution in [2.45, 2.75) is 26.4 Å². The molecule has 4 heteroatoms. The molecule has 2 amide bonds. The summed E-state index contributed by atoms with van der Waals surface area (Å²) in [6.45, 7) is 2.72. The van der Waals surface area contributed by atoms with Crippen LogP contribution in [0.4, 0.5) is 10.5 Å². The Balaban J connectivity index is 1.74. The highest BCUT2D eigenvalue weighted by Crippen LogP contribution is 2.09. The molecule has 0 fully saturated rings. The zero-order valence-electron chi connectivity index (χ0n) is 12.8. The number of hydrogen-bond donors (Lipinski definition) is 3. The Morgan fingerprint density at radius 3 is 2.14 bits per heavy atom. The number of anilines is 1. The Bertz CT molecular complexity index is 591. The second kappa shape index (κ2) is 8.20. The molecule has 0 aromatic heterocycles. The molecule has 4 nitrogen and oxygen atoms in total. The van der Waals surface area contributed by atoms with Crippen LogP contribution in [0.2, 0.25) is 0 Å². The molecule has 0 saturated carbocycles. The van der Waals surface area contributed by atoms with Crippen LogP contribution in [-0.4, -0.2) is 17.7 Å². The third kappa shape index (κ3) is 4.90. The predicted molar refractivity (Wildman–Crippen MR) is 88.9 cm³/mol. The van der Waals surface area contributed by atoms with Crippen molar-refractivity contribution in [2.24, 2.45) is 0 Å². The fourth-order valence-electron chi connectivity index (χ4n) is 2.13. The summed E-state index contributed by atoms with van der Waals surface area (Å²) in [6, 6.07) is 15.4. The van der Waals surface area contributed by atoms with E-state index in [9.17, 15) is 4.79 Å². The van der Waals surface area contributed by atoms with Crippen molar-refractivity contribution >= 4 is 11.7 Å². The van der Waals surface area contributed by atoms with Crippen molar-refractivity contribution in [1.82, 2.24) is 5.32 Å². The second-order valence-corrected chi connectivity index (χ2v) is 5.16. The van der Waals surface area contributed by atoms with Gasteiger partial charge in [0.1, 0.15) is 0 Å². The summed E-state index contributed by atoms with van der Waals surface area (Å²) < 4.78 is 0. The number of aliphatic hydroxyl groups excluding tert-OH is 1. The zero-order chi connectivity index (χ0) is 15.8. The first-order valence-corrected chi connectivity index (χ1v) is 7.53. The number of aryl methyl sites for hydroxylation is 1. The van der Waals surface area contributed by atoms with E-state index in [-0.39, 0.29) is 12.6 Å². The van der Waals surface area contributed by atoms with Crippen LogP contribution in [0.3, 0.4) is 0 Å². The van der Waals surface area contributed by atoms with Gasteiger partial charge in [-0.05, 0) is 41.7 Å². The van der Waals surface area contributed by atoms with Gasteiger partial charge in [0.05, 0.1) is 6.61 Å². The highest BCUT2D eigenvalue weighted by Gasteiger charge is 2.01. The second-order valence-electron chi connectivity index (χ2n) is 5.16. The van der Waals surface area contributed by atoms with E-state index in [1.807, 2.05) is 48.5 Å². The number of carbonyl (C=O) groups is 1. The van der Waals surface area contributed by atoms with E-state index in [0.29, 0.717) is 6.54 Å².